The predicted octanol–water partition coefficient (Wildman–Crippen LogP) is 2.24. The third-order valence-corrected chi connectivity index (χ3v) is 2.80. The molecule has 0 spiro atoms. The van der Waals surface area contributed by atoms with Gasteiger partial charge in [-0.2, -0.15) is 0 Å². The fourth-order valence-electron chi connectivity index (χ4n) is 1.81. The number of rotatable bonds is 12. The van der Waals surface area contributed by atoms with Crippen LogP contribution >= 0.6 is 0 Å². The molecule has 1 N–H and O–H groups in total. The highest BCUT2D eigenvalue weighted by atomic mass is 16.5. The molecule has 0 amide bonds. The van der Waals surface area contributed by atoms with E-state index in [1.165, 1.54) is 0 Å². The largest absolute Gasteiger partial charge is 0.491 e. The van der Waals surface area contributed by atoms with Crippen LogP contribution in [0.4, 0.5) is 0 Å². The molecule has 0 radical (unpaired) electrons. The Morgan fingerprint density at radius 3 is 2.19 bits per heavy atom. The smallest absolute Gasteiger partial charge is 0.127 e. The minimum Gasteiger partial charge on any atom is -0.491 e. The van der Waals surface area contributed by atoms with Crippen molar-refractivity contribution in [1.82, 2.24) is 5.32 Å². The lowest BCUT2D eigenvalue weighted by Gasteiger charge is -2.14. The summed E-state index contributed by atoms with van der Waals surface area (Å²) in [5, 5.41) is 3.13. The Kier molecular flexibility index (Phi) is 9.61. The second-order valence-corrected chi connectivity index (χ2v) is 4.39. The van der Waals surface area contributed by atoms with Crippen molar-refractivity contribution in [2.75, 3.05) is 46.7 Å². The summed E-state index contributed by atoms with van der Waals surface area (Å²) in [6.07, 6.45) is 0. The van der Waals surface area contributed by atoms with Crippen molar-refractivity contribution in [2.24, 2.45) is 0 Å². The van der Waals surface area contributed by atoms with Crippen molar-refractivity contribution in [3.8, 4) is 11.5 Å². The molecule has 0 aliphatic carbocycles. The molecule has 5 nitrogen and oxygen atoms in total. The molecular formula is C16H27NO4. The van der Waals surface area contributed by atoms with Crippen molar-refractivity contribution in [1.29, 1.82) is 0 Å². The SMILES string of the molecule is CCOCCOc1ccc(CNC)c(OCCOCC)c1. The Morgan fingerprint density at radius 1 is 0.905 bits per heavy atom. The standard InChI is InChI=1S/C16H27NO4/c1-4-18-8-10-20-15-7-6-14(13-17-3)16(12-15)21-11-9-19-5-2/h6-7,12,17H,4-5,8-11,13H2,1-3H3. The molecule has 0 aromatic heterocycles. The highest BCUT2D eigenvalue weighted by molar-refractivity contribution is 5.40. The van der Waals surface area contributed by atoms with E-state index in [1.54, 1.807) is 0 Å². The first kappa shape index (κ1) is 17.8. The lowest BCUT2D eigenvalue weighted by Crippen LogP contribution is -2.11. The number of ether oxygens (including phenoxy) is 4. The van der Waals surface area contributed by atoms with Crippen LogP contribution in [0.2, 0.25) is 0 Å². The molecule has 0 aliphatic rings. The third kappa shape index (κ3) is 7.32. The minimum atomic E-state index is 0.535. The molecular weight excluding hydrogens is 270 g/mol. The Labute approximate surface area is 127 Å². The summed E-state index contributed by atoms with van der Waals surface area (Å²) in [6, 6.07) is 5.89. The zero-order valence-electron chi connectivity index (χ0n) is 13.3. The molecule has 0 aliphatic heterocycles. The van der Waals surface area contributed by atoms with Gasteiger partial charge in [-0.05, 0) is 27.0 Å². The fourth-order valence-corrected chi connectivity index (χ4v) is 1.81. The van der Waals surface area contributed by atoms with Crippen molar-refractivity contribution in [3.63, 3.8) is 0 Å². The van der Waals surface area contributed by atoms with Gasteiger partial charge in [-0.15, -0.1) is 0 Å². The topological polar surface area (TPSA) is 49.0 Å². The molecule has 0 heterocycles. The van der Waals surface area contributed by atoms with Gasteiger partial charge in [0.25, 0.3) is 0 Å². The van der Waals surface area contributed by atoms with Crippen molar-refractivity contribution < 1.29 is 18.9 Å². The summed E-state index contributed by atoms with van der Waals surface area (Å²) >= 11 is 0. The van der Waals surface area contributed by atoms with Crippen molar-refractivity contribution in [2.45, 2.75) is 20.4 Å². The highest BCUT2D eigenvalue weighted by Gasteiger charge is 2.06. The van der Waals surface area contributed by atoms with Gasteiger partial charge < -0.3 is 24.3 Å². The van der Waals surface area contributed by atoms with Crippen LogP contribution in [0.5, 0.6) is 11.5 Å². The van der Waals surface area contributed by atoms with Gasteiger partial charge in [0, 0.05) is 31.4 Å². The summed E-state index contributed by atoms with van der Waals surface area (Å²) in [5.41, 5.74) is 1.10. The number of hydrogen-bond donors (Lipinski definition) is 1. The van der Waals surface area contributed by atoms with E-state index in [-0.39, 0.29) is 0 Å². The second-order valence-electron chi connectivity index (χ2n) is 4.39. The summed E-state index contributed by atoms with van der Waals surface area (Å²) in [4.78, 5) is 0. The molecule has 21 heavy (non-hydrogen) atoms. The van der Waals surface area contributed by atoms with E-state index in [0.29, 0.717) is 39.6 Å². The quantitative estimate of drug-likeness (QED) is 0.600. The zero-order chi connectivity index (χ0) is 15.3. The Balaban J connectivity index is 2.57. The van der Waals surface area contributed by atoms with Crippen molar-refractivity contribution in [3.05, 3.63) is 23.8 Å². The molecule has 1 aromatic rings. The molecule has 0 saturated carbocycles. The van der Waals surface area contributed by atoms with Crippen LogP contribution in [0.25, 0.3) is 0 Å². The normalized spacial score (nSPS) is 10.6. The first-order valence-electron chi connectivity index (χ1n) is 7.50. The van der Waals surface area contributed by atoms with Gasteiger partial charge in [-0.3, -0.25) is 0 Å². The third-order valence-electron chi connectivity index (χ3n) is 2.80. The molecule has 0 atom stereocenters. The van der Waals surface area contributed by atoms with Crippen LogP contribution in [-0.4, -0.2) is 46.7 Å². The number of benzene rings is 1. The zero-order valence-corrected chi connectivity index (χ0v) is 13.3. The van der Waals surface area contributed by atoms with Crippen LogP contribution < -0.4 is 14.8 Å². The molecule has 0 bridgehead atoms. The van der Waals surface area contributed by atoms with E-state index >= 15 is 0 Å². The van der Waals surface area contributed by atoms with Crippen LogP contribution in [0.15, 0.2) is 18.2 Å². The monoisotopic (exact) mass is 297 g/mol. The molecule has 1 aromatic carbocycles. The lowest BCUT2D eigenvalue weighted by atomic mass is 10.2. The first-order chi connectivity index (χ1) is 10.3. The maximum absolute atomic E-state index is 5.78. The molecule has 5 heteroatoms. The van der Waals surface area contributed by atoms with Gasteiger partial charge in [0.05, 0.1) is 13.2 Å². The average molecular weight is 297 g/mol. The second kappa shape index (κ2) is 11.4. The Hall–Kier alpha value is -1.30. The average Bonchev–Trinajstić information content (AvgIpc) is 2.50. The molecule has 1 rings (SSSR count). The number of hydrogen-bond acceptors (Lipinski definition) is 5. The van der Waals surface area contributed by atoms with Crippen LogP contribution in [-0.2, 0) is 16.0 Å². The lowest BCUT2D eigenvalue weighted by molar-refractivity contribution is 0.107. The van der Waals surface area contributed by atoms with Gasteiger partial charge >= 0.3 is 0 Å². The maximum atomic E-state index is 5.78. The molecule has 0 unspecified atom stereocenters. The summed E-state index contributed by atoms with van der Waals surface area (Å²) in [7, 11) is 1.91. The molecule has 120 valence electrons. The van der Waals surface area contributed by atoms with E-state index in [0.717, 1.165) is 23.6 Å². The Morgan fingerprint density at radius 2 is 1.57 bits per heavy atom. The molecule has 0 saturated heterocycles. The maximum Gasteiger partial charge on any atom is 0.127 e. The van der Waals surface area contributed by atoms with E-state index < -0.39 is 0 Å². The summed E-state index contributed by atoms with van der Waals surface area (Å²) < 4.78 is 22.0. The Bertz CT molecular complexity index is 385. The fraction of sp³-hybridized carbons (Fsp3) is 0.625. The summed E-state index contributed by atoms with van der Waals surface area (Å²) in [5.74, 6) is 1.62. The first-order valence-corrected chi connectivity index (χ1v) is 7.50. The summed E-state index contributed by atoms with van der Waals surface area (Å²) in [6.45, 7) is 8.35. The predicted molar refractivity (Wildman–Crippen MR) is 83.2 cm³/mol. The van der Waals surface area contributed by atoms with Gasteiger partial charge in [-0.1, -0.05) is 6.07 Å². The van der Waals surface area contributed by atoms with E-state index in [1.807, 2.05) is 39.1 Å². The number of nitrogens with one attached hydrogen (secondary N) is 1. The van der Waals surface area contributed by atoms with Crippen LogP contribution in [0.1, 0.15) is 19.4 Å². The van der Waals surface area contributed by atoms with Crippen molar-refractivity contribution >= 4 is 0 Å². The van der Waals surface area contributed by atoms with E-state index in [9.17, 15) is 0 Å². The van der Waals surface area contributed by atoms with Gasteiger partial charge in [-0.25, -0.2) is 0 Å². The van der Waals surface area contributed by atoms with Crippen LogP contribution in [0.3, 0.4) is 0 Å². The van der Waals surface area contributed by atoms with Gasteiger partial charge in [0.15, 0.2) is 0 Å². The highest BCUT2D eigenvalue weighted by Crippen LogP contribution is 2.25. The van der Waals surface area contributed by atoms with E-state index in [4.69, 9.17) is 18.9 Å². The van der Waals surface area contributed by atoms with Gasteiger partial charge in [0.1, 0.15) is 24.7 Å². The van der Waals surface area contributed by atoms with E-state index in [2.05, 4.69) is 5.32 Å². The molecule has 0 fully saturated rings. The van der Waals surface area contributed by atoms with Gasteiger partial charge in [0.2, 0.25) is 0 Å². The minimum absolute atomic E-state index is 0.535. The van der Waals surface area contributed by atoms with Crippen LogP contribution in [0, 0.1) is 0 Å².